The van der Waals surface area contributed by atoms with Crippen molar-refractivity contribution in [3.05, 3.63) is 77.9 Å². The van der Waals surface area contributed by atoms with Gasteiger partial charge in [-0.1, -0.05) is 25.1 Å². The number of ether oxygens (including phenoxy) is 3. The molecule has 0 bridgehead atoms. The molecule has 3 rings (SSSR count). The summed E-state index contributed by atoms with van der Waals surface area (Å²) < 4.78 is 16.9. The Kier molecular flexibility index (Phi) is 10.8. The molecule has 1 atom stereocenters. The minimum atomic E-state index is -0.451. The maximum atomic E-state index is 12.6. The smallest absolute Gasteiger partial charge is 0.338 e. The topological polar surface area (TPSA) is 114 Å². The Balaban J connectivity index is 1.40. The Morgan fingerprint density at radius 3 is 2.32 bits per heavy atom. The van der Waals surface area contributed by atoms with Gasteiger partial charge in [-0.05, 0) is 86.1 Å². The van der Waals surface area contributed by atoms with E-state index in [4.69, 9.17) is 25.7 Å². The average Bonchev–Trinajstić information content (AvgIpc) is 2.89. The first-order chi connectivity index (χ1) is 17.8. The van der Waals surface area contributed by atoms with E-state index in [1.54, 1.807) is 36.4 Å². The molecule has 0 aromatic heterocycles. The molecule has 7 nitrogen and oxygen atoms in total. The van der Waals surface area contributed by atoms with E-state index >= 15 is 0 Å². The average molecular weight is 507 g/mol. The zero-order chi connectivity index (χ0) is 26.6. The molecular formula is C30H38N2O5. The van der Waals surface area contributed by atoms with E-state index in [1.807, 2.05) is 25.1 Å². The first-order valence-electron chi connectivity index (χ1n) is 12.9. The Bertz CT molecular complexity index is 1050. The Morgan fingerprint density at radius 2 is 1.68 bits per heavy atom. The number of rotatable bonds is 12. The van der Waals surface area contributed by atoms with Crippen molar-refractivity contribution >= 4 is 29.4 Å². The largest absolute Gasteiger partial charge is 0.462 e. The predicted octanol–water partition coefficient (Wildman–Crippen LogP) is 5.66. The van der Waals surface area contributed by atoms with E-state index in [2.05, 4.69) is 6.58 Å². The van der Waals surface area contributed by atoms with Crippen molar-refractivity contribution in [2.75, 3.05) is 24.7 Å². The van der Waals surface area contributed by atoms with Gasteiger partial charge in [0.1, 0.15) is 6.10 Å². The van der Waals surface area contributed by atoms with Crippen LogP contribution in [-0.2, 0) is 19.0 Å². The minimum Gasteiger partial charge on any atom is -0.462 e. The summed E-state index contributed by atoms with van der Waals surface area (Å²) in [6, 6.07) is 12.3. The second-order valence-corrected chi connectivity index (χ2v) is 9.53. The lowest BCUT2D eigenvalue weighted by Gasteiger charge is -2.28. The van der Waals surface area contributed by atoms with Crippen LogP contribution in [0.25, 0.3) is 6.08 Å². The number of nitrogens with two attached hydrogens (primary N) is 2. The summed E-state index contributed by atoms with van der Waals surface area (Å²) in [4.78, 5) is 24.7. The maximum absolute atomic E-state index is 12.6. The molecule has 0 amide bonds. The molecule has 7 heteroatoms. The van der Waals surface area contributed by atoms with E-state index in [9.17, 15) is 9.59 Å². The molecule has 1 fully saturated rings. The summed E-state index contributed by atoms with van der Waals surface area (Å²) in [5, 5.41) is 0. The van der Waals surface area contributed by atoms with Crippen LogP contribution in [0.1, 0.15) is 72.9 Å². The Labute approximate surface area is 219 Å². The number of hydrogen-bond acceptors (Lipinski definition) is 7. The number of carbonyl (C=O) groups excluding carboxylic acids is 2. The molecule has 4 N–H and O–H groups in total. The Hall–Kier alpha value is -3.58. The first kappa shape index (κ1) is 28.0. The number of benzene rings is 2. The van der Waals surface area contributed by atoms with E-state index in [-0.39, 0.29) is 30.7 Å². The van der Waals surface area contributed by atoms with Gasteiger partial charge in [0, 0.05) is 30.0 Å². The molecule has 1 aliphatic rings. The van der Waals surface area contributed by atoms with E-state index in [1.165, 1.54) is 6.08 Å². The van der Waals surface area contributed by atoms with Gasteiger partial charge in [-0.3, -0.25) is 0 Å². The Morgan fingerprint density at radius 1 is 1.03 bits per heavy atom. The van der Waals surface area contributed by atoms with Crippen LogP contribution in [0.3, 0.4) is 0 Å². The highest BCUT2D eigenvalue weighted by Gasteiger charge is 2.24. The molecule has 1 unspecified atom stereocenters. The van der Waals surface area contributed by atoms with Crippen molar-refractivity contribution in [1.29, 1.82) is 0 Å². The second kappa shape index (κ2) is 14.2. The third-order valence-corrected chi connectivity index (χ3v) is 6.40. The third kappa shape index (κ3) is 9.42. The zero-order valence-corrected chi connectivity index (χ0v) is 21.6. The fourth-order valence-corrected chi connectivity index (χ4v) is 4.25. The van der Waals surface area contributed by atoms with E-state index in [0.717, 1.165) is 56.3 Å². The molecule has 1 saturated carbocycles. The number of unbranched alkanes of at least 4 members (excludes halogenated alkanes) is 1. The van der Waals surface area contributed by atoms with Gasteiger partial charge in [0.25, 0.3) is 0 Å². The van der Waals surface area contributed by atoms with Crippen LogP contribution in [0.4, 0.5) is 11.4 Å². The summed E-state index contributed by atoms with van der Waals surface area (Å²) in [5.41, 5.74) is 15.0. The van der Waals surface area contributed by atoms with Gasteiger partial charge in [0.15, 0.2) is 0 Å². The number of anilines is 2. The highest BCUT2D eigenvalue weighted by atomic mass is 16.5. The number of allylic oxidation sites excluding steroid dienone is 1. The molecule has 0 heterocycles. The van der Waals surface area contributed by atoms with Crippen LogP contribution < -0.4 is 11.5 Å². The molecule has 198 valence electrons. The molecule has 2 aromatic carbocycles. The number of nitrogen functional groups attached to an aromatic ring is 2. The molecule has 0 saturated heterocycles. The lowest BCUT2D eigenvalue weighted by molar-refractivity contribution is -0.138. The fourth-order valence-electron chi connectivity index (χ4n) is 4.25. The van der Waals surface area contributed by atoms with Gasteiger partial charge in [-0.2, -0.15) is 0 Å². The SMILES string of the molecule is C=CCCCOC1CCC(OC(=O)c2ccc(/C=C/C(=O)OCC(C)c3cc(N)cc(N)c3)cc2)CC1. The van der Waals surface area contributed by atoms with Crippen molar-refractivity contribution in [3.63, 3.8) is 0 Å². The van der Waals surface area contributed by atoms with E-state index < -0.39 is 5.97 Å². The van der Waals surface area contributed by atoms with Crippen molar-refractivity contribution in [3.8, 4) is 0 Å². The maximum Gasteiger partial charge on any atom is 0.338 e. The molecule has 0 spiro atoms. The third-order valence-electron chi connectivity index (χ3n) is 6.40. The summed E-state index contributed by atoms with van der Waals surface area (Å²) in [5.74, 6) is -0.827. The summed E-state index contributed by atoms with van der Waals surface area (Å²) in [7, 11) is 0. The highest BCUT2D eigenvalue weighted by molar-refractivity contribution is 5.90. The standard InChI is InChI=1S/C30H38N2O5/c1-3-4-5-16-35-27-11-13-28(14-12-27)37-30(34)23-9-6-22(7-10-23)8-15-29(33)36-20-21(2)24-17-25(31)19-26(32)18-24/h3,6-10,15,17-19,21,27-28H,1,4-5,11-14,16,20,31-32H2,2H3/b15-8+. The lowest BCUT2D eigenvalue weighted by atomic mass is 9.95. The fraction of sp³-hybridized carbons (Fsp3) is 0.400. The minimum absolute atomic E-state index is 0.0432. The second-order valence-electron chi connectivity index (χ2n) is 9.53. The van der Waals surface area contributed by atoms with Crippen molar-refractivity contribution in [2.45, 2.75) is 63.6 Å². The van der Waals surface area contributed by atoms with Crippen LogP contribution in [0, 0.1) is 0 Å². The van der Waals surface area contributed by atoms with Gasteiger partial charge in [0.2, 0.25) is 0 Å². The van der Waals surface area contributed by atoms with Crippen LogP contribution in [0.15, 0.2) is 61.2 Å². The summed E-state index contributed by atoms with van der Waals surface area (Å²) in [6.07, 6.45) is 10.5. The monoisotopic (exact) mass is 506 g/mol. The van der Waals surface area contributed by atoms with Crippen LogP contribution in [0.5, 0.6) is 0 Å². The summed E-state index contributed by atoms with van der Waals surface area (Å²) >= 11 is 0. The van der Waals surface area contributed by atoms with Crippen molar-refractivity contribution in [2.24, 2.45) is 0 Å². The van der Waals surface area contributed by atoms with Crippen LogP contribution >= 0.6 is 0 Å². The van der Waals surface area contributed by atoms with Crippen LogP contribution in [-0.4, -0.2) is 37.4 Å². The molecule has 0 aliphatic heterocycles. The van der Waals surface area contributed by atoms with E-state index in [0.29, 0.717) is 16.9 Å². The molecule has 0 radical (unpaired) electrons. The van der Waals surface area contributed by atoms with Gasteiger partial charge in [-0.15, -0.1) is 6.58 Å². The number of carbonyl (C=O) groups is 2. The predicted molar refractivity (Wildman–Crippen MR) is 147 cm³/mol. The molecule has 1 aliphatic carbocycles. The zero-order valence-electron chi connectivity index (χ0n) is 21.6. The number of esters is 2. The number of hydrogen-bond donors (Lipinski definition) is 2. The molecule has 2 aromatic rings. The molecular weight excluding hydrogens is 468 g/mol. The van der Waals surface area contributed by atoms with Gasteiger partial charge < -0.3 is 25.7 Å². The van der Waals surface area contributed by atoms with Gasteiger partial charge in [-0.25, -0.2) is 9.59 Å². The van der Waals surface area contributed by atoms with Crippen molar-refractivity contribution in [1.82, 2.24) is 0 Å². The summed E-state index contributed by atoms with van der Waals surface area (Å²) in [6.45, 7) is 6.62. The molecule has 37 heavy (non-hydrogen) atoms. The van der Waals surface area contributed by atoms with Gasteiger partial charge >= 0.3 is 11.9 Å². The quantitative estimate of drug-likeness (QED) is 0.125. The van der Waals surface area contributed by atoms with Crippen molar-refractivity contribution < 1.29 is 23.8 Å². The van der Waals surface area contributed by atoms with Crippen LogP contribution in [0.2, 0.25) is 0 Å². The van der Waals surface area contributed by atoms with Gasteiger partial charge in [0.05, 0.1) is 18.3 Å². The lowest BCUT2D eigenvalue weighted by Crippen LogP contribution is -2.28. The highest BCUT2D eigenvalue weighted by Crippen LogP contribution is 2.25. The first-order valence-corrected chi connectivity index (χ1v) is 12.9. The normalized spacial score (nSPS) is 18.3.